The molecule has 0 bridgehead atoms. The van der Waals surface area contributed by atoms with E-state index in [0.29, 0.717) is 50.1 Å². The first kappa shape index (κ1) is 20.6. The number of nitrogen functional groups attached to an aromatic ring is 1. The molecule has 0 aliphatic carbocycles. The minimum Gasteiger partial charge on any atom is -0.461 e. The Morgan fingerprint density at radius 1 is 1.15 bits per heavy atom. The molecule has 0 spiro atoms. The predicted molar refractivity (Wildman–Crippen MR) is 119 cm³/mol. The fourth-order valence-corrected chi connectivity index (χ4v) is 3.68. The first-order chi connectivity index (χ1) is 16.1. The third-order valence-corrected chi connectivity index (χ3v) is 5.41. The van der Waals surface area contributed by atoms with E-state index in [-0.39, 0.29) is 23.6 Å². The number of hydrogen-bond donors (Lipinski definition) is 2. The Bertz CT molecular complexity index is 1230. The molecule has 1 aliphatic rings. The number of nitrogens with two attached hydrogens (primary N) is 1. The molecule has 13 nitrogen and oxygen atoms in total. The summed E-state index contributed by atoms with van der Waals surface area (Å²) in [5, 5.41) is 7.39. The lowest BCUT2D eigenvalue weighted by Gasteiger charge is -2.36. The maximum absolute atomic E-state index is 13.2. The van der Waals surface area contributed by atoms with Crippen molar-refractivity contribution in [1.82, 2.24) is 39.4 Å². The summed E-state index contributed by atoms with van der Waals surface area (Å²) in [5.41, 5.74) is 6.06. The summed E-state index contributed by atoms with van der Waals surface area (Å²) in [6, 6.07) is 4.77. The van der Waals surface area contributed by atoms with Crippen LogP contribution in [0.25, 0.3) is 17.4 Å². The van der Waals surface area contributed by atoms with Crippen LogP contribution in [0, 0.1) is 0 Å². The Morgan fingerprint density at radius 3 is 2.64 bits per heavy atom. The average molecular weight is 449 g/mol. The second kappa shape index (κ2) is 8.68. The molecule has 4 aromatic heterocycles. The van der Waals surface area contributed by atoms with Gasteiger partial charge in [0.05, 0.1) is 6.26 Å². The van der Waals surface area contributed by atoms with Crippen molar-refractivity contribution in [2.45, 2.75) is 19.4 Å². The first-order valence-electron chi connectivity index (χ1n) is 10.6. The van der Waals surface area contributed by atoms with E-state index in [2.05, 4.69) is 40.2 Å². The third-order valence-electron chi connectivity index (χ3n) is 5.41. The highest BCUT2D eigenvalue weighted by molar-refractivity contribution is 5.84. The summed E-state index contributed by atoms with van der Waals surface area (Å²) in [7, 11) is 0. The van der Waals surface area contributed by atoms with Gasteiger partial charge in [0.25, 0.3) is 5.78 Å². The lowest BCUT2D eigenvalue weighted by Crippen LogP contribution is -2.53. The van der Waals surface area contributed by atoms with Crippen LogP contribution in [-0.2, 0) is 4.79 Å². The highest BCUT2D eigenvalue weighted by Gasteiger charge is 2.28. The van der Waals surface area contributed by atoms with Crippen molar-refractivity contribution in [1.29, 1.82) is 0 Å². The van der Waals surface area contributed by atoms with Gasteiger partial charge in [-0.1, -0.05) is 6.92 Å². The van der Waals surface area contributed by atoms with E-state index < -0.39 is 6.04 Å². The van der Waals surface area contributed by atoms with Gasteiger partial charge in [0.15, 0.2) is 5.76 Å². The van der Waals surface area contributed by atoms with E-state index in [1.807, 2.05) is 11.8 Å². The van der Waals surface area contributed by atoms with Crippen molar-refractivity contribution in [3.05, 3.63) is 36.9 Å². The number of anilines is 3. The number of hydrogen-bond acceptors (Lipinski definition) is 11. The average Bonchev–Trinajstić information content (AvgIpc) is 3.53. The number of furan rings is 1. The van der Waals surface area contributed by atoms with Crippen molar-refractivity contribution < 1.29 is 9.21 Å². The molecule has 0 saturated carbocycles. The zero-order valence-electron chi connectivity index (χ0n) is 18.0. The maximum Gasteiger partial charge on any atom is 0.259 e. The van der Waals surface area contributed by atoms with Gasteiger partial charge < -0.3 is 25.3 Å². The van der Waals surface area contributed by atoms with Gasteiger partial charge in [0.1, 0.15) is 6.04 Å². The van der Waals surface area contributed by atoms with Crippen molar-refractivity contribution in [3.63, 3.8) is 0 Å². The molecule has 1 atom stereocenters. The summed E-state index contributed by atoms with van der Waals surface area (Å²) in [6.45, 7) is 4.41. The lowest BCUT2D eigenvalue weighted by molar-refractivity contribution is -0.132. The van der Waals surface area contributed by atoms with Crippen LogP contribution in [0.1, 0.15) is 13.3 Å². The molecule has 5 rings (SSSR count). The van der Waals surface area contributed by atoms with Gasteiger partial charge in [-0.3, -0.25) is 4.79 Å². The highest BCUT2D eigenvalue weighted by Crippen LogP contribution is 2.18. The van der Waals surface area contributed by atoms with Gasteiger partial charge in [0, 0.05) is 38.6 Å². The minimum atomic E-state index is -0.501. The standard InChI is InChI=1S/C20H23N11O2/c1-2-13(16(32)29-8-10-30(11-9-29)19-22-6-4-7-23-19)24-18-26-17(21)31-20(27-18)25-15(28-31)14-5-3-12-33-14/h3-7,12-13H,2,8-11H2,1H3,(H3,21,24,25,26,27,28)/t13-/m0/s1. The Morgan fingerprint density at radius 2 is 1.94 bits per heavy atom. The molecule has 5 heterocycles. The molecule has 0 radical (unpaired) electrons. The van der Waals surface area contributed by atoms with Crippen LogP contribution in [-0.4, -0.2) is 77.6 Å². The van der Waals surface area contributed by atoms with Crippen LogP contribution >= 0.6 is 0 Å². The number of carbonyl (C=O) groups is 1. The van der Waals surface area contributed by atoms with Crippen LogP contribution < -0.4 is 16.0 Å². The van der Waals surface area contributed by atoms with E-state index in [0.717, 1.165) is 0 Å². The number of piperazine rings is 1. The Balaban J connectivity index is 1.28. The number of rotatable bonds is 6. The van der Waals surface area contributed by atoms with Gasteiger partial charge in [0.2, 0.25) is 29.6 Å². The molecule has 1 amide bonds. The molecule has 13 heteroatoms. The summed E-state index contributed by atoms with van der Waals surface area (Å²) in [4.78, 5) is 38.6. The Hall–Kier alpha value is -4.29. The van der Waals surface area contributed by atoms with Crippen LogP contribution in [0.3, 0.4) is 0 Å². The number of amides is 1. The molecule has 33 heavy (non-hydrogen) atoms. The number of fused-ring (bicyclic) bond motifs is 1. The predicted octanol–water partition coefficient (Wildman–Crippen LogP) is 0.691. The zero-order valence-corrected chi connectivity index (χ0v) is 18.0. The summed E-state index contributed by atoms with van der Waals surface area (Å²) in [5.74, 6) is 2.08. The summed E-state index contributed by atoms with van der Waals surface area (Å²) >= 11 is 0. The Labute approximate surface area is 188 Å². The maximum atomic E-state index is 13.2. The van der Waals surface area contributed by atoms with E-state index >= 15 is 0 Å². The van der Waals surface area contributed by atoms with Crippen molar-refractivity contribution >= 4 is 29.5 Å². The van der Waals surface area contributed by atoms with Crippen LogP contribution in [0.5, 0.6) is 0 Å². The SMILES string of the molecule is CC[C@H](Nc1nc(N)n2nc(-c3ccco3)nc2n1)C(=O)N1CCN(c2ncccn2)CC1. The van der Waals surface area contributed by atoms with Gasteiger partial charge in [-0.05, 0) is 24.6 Å². The smallest absolute Gasteiger partial charge is 0.259 e. The number of nitrogens with one attached hydrogen (secondary N) is 1. The van der Waals surface area contributed by atoms with Crippen molar-refractivity contribution in [2.24, 2.45) is 0 Å². The molecular weight excluding hydrogens is 426 g/mol. The van der Waals surface area contributed by atoms with E-state index in [4.69, 9.17) is 10.2 Å². The molecule has 0 aromatic carbocycles. The second-order valence-corrected chi connectivity index (χ2v) is 7.50. The highest BCUT2D eigenvalue weighted by atomic mass is 16.3. The number of aromatic nitrogens is 7. The molecular formula is C20H23N11O2. The molecule has 1 aliphatic heterocycles. The normalized spacial score (nSPS) is 15.1. The number of carbonyl (C=O) groups excluding carboxylic acids is 1. The minimum absolute atomic E-state index is 0.0223. The first-order valence-corrected chi connectivity index (χ1v) is 10.6. The van der Waals surface area contributed by atoms with Gasteiger partial charge in [-0.25, -0.2) is 9.97 Å². The van der Waals surface area contributed by atoms with Crippen LogP contribution in [0.4, 0.5) is 17.8 Å². The summed E-state index contributed by atoms with van der Waals surface area (Å²) in [6.07, 6.45) is 5.52. The van der Waals surface area contributed by atoms with Gasteiger partial charge >= 0.3 is 0 Å². The molecule has 1 saturated heterocycles. The quantitative estimate of drug-likeness (QED) is 0.427. The largest absolute Gasteiger partial charge is 0.461 e. The molecule has 0 unspecified atom stereocenters. The number of nitrogens with zero attached hydrogens (tertiary/aromatic N) is 9. The van der Waals surface area contributed by atoms with Crippen LogP contribution in [0.15, 0.2) is 41.3 Å². The molecule has 170 valence electrons. The fraction of sp³-hybridized carbons (Fsp3) is 0.350. The van der Waals surface area contributed by atoms with Crippen molar-refractivity contribution in [2.75, 3.05) is 42.1 Å². The molecule has 4 aromatic rings. The second-order valence-electron chi connectivity index (χ2n) is 7.50. The van der Waals surface area contributed by atoms with E-state index in [1.165, 1.54) is 10.8 Å². The van der Waals surface area contributed by atoms with E-state index in [1.54, 1.807) is 30.6 Å². The van der Waals surface area contributed by atoms with Gasteiger partial charge in [-0.2, -0.15) is 19.5 Å². The zero-order chi connectivity index (χ0) is 22.8. The molecule has 1 fully saturated rings. The molecule has 3 N–H and O–H groups in total. The lowest BCUT2D eigenvalue weighted by atomic mass is 10.2. The summed E-state index contributed by atoms with van der Waals surface area (Å²) < 4.78 is 6.66. The van der Waals surface area contributed by atoms with Gasteiger partial charge in [-0.15, -0.1) is 5.10 Å². The Kier molecular flexibility index (Phi) is 5.42. The third kappa shape index (κ3) is 4.12. The topological polar surface area (TPSA) is 156 Å². The van der Waals surface area contributed by atoms with Crippen LogP contribution in [0.2, 0.25) is 0 Å². The van der Waals surface area contributed by atoms with E-state index in [9.17, 15) is 4.79 Å². The fourth-order valence-electron chi connectivity index (χ4n) is 3.68. The van der Waals surface area contributed by atoms with Crippen molar-refractivity contribution in [3.8, 4) is 11.6 Å². The monoisotopic (exact) mass is 449 g/mol.